The Morgan fingerprint density at radius 1 is 1.35 bits per heavy atom. The van der Waals surface area contributed by atoms with Crippen LogP contribution in [0.2, 0.25) is 0 Å². The summed E-state index contributed by atoms with van der Waals surface area (Å²) >= 11 is 0. The minimum Gasteiger partial charge on any atom is -0.495 e. The molecule has 0 spiro atoms. The number of hydrogen-bond acceptors (Lipinski definition) is 3. The van der Waals surface area contributed by atoms with Gasteiger partial charge in [-0.25, -0.2) is 0 Å². The number of methoxy groups -OCH3 is 1. The lowest BCUT2D eigenvalue weighted by Gasteiger charge is -2.09. The van der Waals surface area contributed by atoms with Crippen molar-refractivity contribution in [2.24, 2.45) is 0 Å². The molecule has 0 bridgehead atoms. The van der Waals surface area contributed by atoms with Crippen molar-refractivity contribution in [3.05, 3.63) is 30.5 Å². The van der Waals surface area contributed by atoms with Crippen LogP contribution in [0.3, 0.4) is 0 Å². The summed E-state index contributed by atoms with van der Waals surface area (Å²) in [6.07, 6.45) is 2.87. The normalized spacial score (nSPS) is 10.5. The van der Waals surface area contributed by atoms with Gasteiger partial charge in [-0.05, 0) is 30.7 Å². The van der Waals surface area contributed by atoms with Crippen LogP contribution in [0.5, 0.6) is 5.75 Å². The summed E-state index contributed by atoms with van der Waals surface area (Å²) in [5, 5.41) is 4.30. The quantitative estimate of drug-likeness (QED) is 0.823. The number of nitrogens with two attached hydrogens (primary N) is 1. The highest BCUT2D eigenvalue weighted by molar-refractivity contribution is 5.68. The first-order valence-electron chi connectivity index (χ1n) is 5.72. The van der Waals surface area contributed by atoms with Gasteiger partial charge in [-0.2, -0.15) is 5.10 Å². The molecule has 1 aromatic carbocycles. The fourth-order valence-electron chi connectivity index (χ4n) is 1.86. The summed E-state index contributed by atoms with van der Waals surface area (Å²) in [5.41, 5.74) is 8.70. The number of anilines is 1. The van der Waals surface area contributed by atoms with Crippen molar-refractivity contribution in [1.29, 1.82) is 0 Å². The zero-order valence-electron chi connectivity index (χ0n) is 10.2. The van der Waals surface area contributed by atoms with Crippen LogP contribution in [-0.2, 0) is 6.54 Å². The van der Waals surface area contributed by atoms with Gasteiger partial charge in [0.25, 0.3) is 0 Å². The largest absolute Gasteiger partial charge is 0.495 e. The summed E-state index contributed by atoms with van der Waals surface area (Å²) < 4.78 is 7.13. The molecule has 0 unspecified atom stereocenters. The van der Waals surface area contributed by atoms with Crippen molar-refractivity contribution in [2.45, 2.75) is 19.9 Å². The van der Waals surface area contributed by atoms with E-state index in [4.69, 9.17) is 10.5 Å². The minimum atomic E-state index is 0.647. The highest BCUT2D eigenvalue weighted by Gasteiger charge is 2.07. The van der Waals surface area contributed by atoms with Crippen LogP contribution in [0.25, 0.3) is 11.3 Å². The van der Waals surface area contributed by atoms with E-state index in [1.807, 2.05) is 35.1 Å². The molecule has 0 aliphatic rings. The van der Waals surface area contributed by atoms with Gasteiger partial charge in [-0.1, -0.05) is 6.92 Å². The van der Waals surface area contributed by atoms with Crippen LogP contribution in [0.15, 0.2) is 30.5 Å². The Morgan fingerprint density at radius 3 is 2.82 bits per heavy atom. The molecule has 90 valence electrons. The molecule has 1 heterocycles. The zero-order chi connectivity index (χ0) is 12.3. The number of nitrogen functional groups attached to an aromatic ring is 1. The molecule has 0 radical (unpaired) electrons. The third kappa shape index (κ3) is 2.25. The second-order valence-corrected chi connectivity index (χ2v) is 3.90. The molecule has 0 fully saturated rings. The van der Waals surface area contributed by atoms with Crippen LogP contribution in [-0.4, -0.2) is 16.9 Å². The lowest BCUT2D eigenvalue weighted by atomic mass is 10.1. The molecule has 1 aromatic heterocycles. The smallest absolute Gasteiger partial charge is 0.141 e. The van der Waals surface area contributed by atoms with Gasteiger partial charge in [0.05, 0.1) is 18.5 Å². The molecule has 0 amide bonds. The second-order valence-electron chi connectivity index (χ2n) is 3.90. The van der Waals surface area contributed by atoms with Crippen LogP contribution >= 0.6 is 0 Å². The van der Waals surface area contributed by atoms with Crippen LogP contribution in [0.1, 0.15) is 13.3 Å². The van der Waals surface area contributed by atoms with Gasteiger partial charge >= 0.3 is 0 Å². The lowest BCUT2D eigenvalue weighted by molar-refractivity contribution is 0.417. The Bertz CT molecular complexity index is 505. The standard InChI is InChI=1S/C13H17N3O/c1-3-8-16-12(6-7-15-16)10-4-5-13(17-2)11(14)9-10/h4-7,9H,3,8,14H2,1-2H3. The topological polar surface area (TPSA) is 53.1 Å². The maximum atomic E-state index is 5.91. The van der Waals surface area contributed by atoms with Crippen molar-refractivity contribution < 1.29 is 4.74 Å². The van der Waals surface area contributed by atoms with Gasteiger partial charge in [0.2, 0.25) is 0 Å². The molecular weight excluding hydrogens is 214 g/mol. The third-order valence-electron chi connectivity index (χ3n) is 2.68. The summed E-state index contributed by atoms with van der Waals surface area (Å²) in [4.78, 5) is 0. The third-order valence-corrected chi connectivity index (χ3v) is 2.68. The Kier molecular flexibility index (Phi) is 3.32. The Balaban J connectivity index is 2.39. The van der Waals surface area contributed by atoms with Crippen molar-refractivity contribution >= 4 is 5.69 Å². The molecule has 4 heteroatoms. The van der Waals surface area contributed by atoms with Gasteiger partial charge in [0.15, 0.2) is 0 Å². The minimum absolute atomic E-state index is 0.647. The van der Waals surface area contributed by atoms with Gasteiger partial charge in [-0.3, -0.25) is 4.68 Å². The predicted octanol–water partition coefficient (Wildman–Crippen LogP) is 2.55. The number of rotatable bonds is 4. The summed E-state index contributed by atoms with van der Waals surface area (Å²) in [6, 6.07) is 7.80. The van der Waals surface area contributed by atoms with Crippen LogP contribution in [0, 0.1) is 0 Å². The van der Waals surface area contributed by atoms with Crippen molar-refractivity contribution in [2.75, 3.05) is 12.8 Å². The van der Waals surface area contributed by atoms with Crippen molar-refractivity contribution in [1.82, 2.24) is 9.78 Å². The Labute approximate surface area is 101 Å². The monoisotopic (exact) mass is 231 g/mol. The fourth-order valence-corrected chi connectivity index (χ4v) is 1.86. The van der Waals surface area contributed by atoms with E-state index in [0.717, 1.165) is 24.2 Å². The maximum Gasteiger partial charge on any atom is 0.141 e. The predicted molar refractivity (Wildman–Crippen MR) is 68.9 cm³/mol. The number of benzene rings is 1. The average Bonchev–Trinajstić information content (AvgIpc) is 2.78. The van der Waals surface area contributed by atoms with Crippen LogP contribution in [0.4, 0.5) is 5.69 Å². The molecule has 0 atom stereocenters. The van der Waals surface area contributed by atoms with E-state index in [0.29, 0.717) is 11.4 Å². The Morgan fingerprint density at radius 2 is 2.18 bits per heavy atom. The first kappa shape index (κ1) is 11.5. The number of hydrogen-bond donors (Lipinski definition) is 1. The first-order valence-corrected chi connectivity index (χ1v) is 5.72. The Hall–Kier alpha value is -1.97. The highest BCUT2D eigenvalue weighted by Crippen LogP contribution is 2.28. The first-order chi connectivity index (χ1) is 8.26. The van der Waals surface area contributed by atoms with Crippen LogP contribution < -0.4 is 10.5 Å². The van der Waals surface area contributed by atoms with Gasteiger partial charge in [0.1, 0.15) is 5.75 Å². The molecule has 4 nitrogen and oxygen atoms in total. The molecule has 2 rings (SSSR count). The molecule has 0 aliphatic carbocycles. The lowest BCUT2D eigenvalue weighted by Crippen LogP contribution is -2.01. The van der Waals surface area contributed by atoms with E-state index in [1.165, 1.54) is 0 Å². The number of aryl methyl sites for hydroxylation is 1. The molecule has 0 saturated heterocycles. The van der Waals surface area contributed by atoms with E-state index < -0.39 is 0 Å². The van der Waals surface area contributed by atoms with Gasteiger partial charge in [-0.15, -0.1) is 0 Å². The molecule has 2 N–H and O–H groups in total. The number of aromatic nitrogens is 2. The number of ether oxygens (including phenoxy) is 1. The zero-order valence-corrected chi connectivity index (χ0v) is 10.2. The van der Waals surface area contributed by atoms with E-state index >= 15 is 0 Å². The molecule has 17 heavy (non-hydrogen) atoms. The molecular formula is C13H17N3O. The molecule has 0 aliphatic heterocycles. The second kappa shape index (κ2) is 4.91. The molecule has 0 saturated carbocycles. The fraction of sp³-hybridized carbons (Fsp3) is 0.308. The highest BCUT2D eigenvalue weighted by atomic mass is 16.5. The number of nitrogens with zero attached hydrogens (tertiary/aromatic N) is 2. The van der Waals surface area contributed by atoms with Gasteiger partial charge in [0, 0.05) is 18.3 Å². The van der Waals surface area contributed by atoms with E-state index in [1.54, 1.807) is 7.11 Å². The van der Waals surface area contributed by atoms with E-state index in [-0.39, 0.29) is 0 Å². The summed E-state index contributed by atoms with van der Waals surface area (Å²) in [7, 11) is 1.62. The van der Waals surface area contributed by atoms with E-state index in [2.05, 4.69) is 12.0 Å². The maximum absolute atomic E-state index is 5.91. The SMILES string of the molecule is CCCn1nccc1-c1ccc(OC)c(N)c1. The van der Waals surface area contributed by atoms with Crippen molar-refractivity contribution in [3.8, 4) is 17.0 Å². The summed E-state index contributed by atoms with van der Waals surface area (Å²) in [5.74, 6) is 0.704. The van der Waals surface area contributed by atoms with E-state index in [9.17, 15) is 0 Å². The molecule has 2 aromatic rings. The van der Waals surface area contributed by atoms with Crippen molar-refractivity contribution in [3.63, 3.8) is 0 Å². The summed E-state index contributed by atoms with van der Waals surface area (Å²) in [6.45, 7) is 3.04. The van der Waals surface area contributed by atoms with Gasteiger partial charge < -0.3 is 10.5 Å². The average molecular weight is 231 g/mol.